The summed E-state index contributed by atoms with van der Waals surface area (Å²) in [5.74, 6) is 2.21. The molecule has 2 aliphatic rings. The predicted octanol–water partition coefficient (Wildman–Crippen LogP) is 3.07. The van der Waals surface area contributed by atoms with Crippen LogP contribution in [0.2, 0.25) is 0 Å². The Kier molecular flexibility index (Phi) is 6.72. The number of benzene rings is 1. The smallest absolute Gasteiger partial charge is 0.220 e. The standard InChI is InChI=1S/C18H26N2O2.ClH/c1-13(14-6-9-19-10-7-14)12-18(21)20-16-8-11-22-17-5-3-2-4-15(16)17;/h2-5,13-14,16,19H,6-12H2,1H3,(H,20,21);1H. The summed E-state index contributed by atoms with van der Waals surface area (Å²) in [5.41, 5.74) is 1.11. The van der Waals surface area contributed by atoms with Crippen molar-refractivity contribution < 1.29 is 9.53 Å². The molecular formula is C18H27ClN2O2. The number of piperidine rings is 1. The number of fused-ring (bicyclic) bond motifs is 1. The largest absolute Gasteiger partial charge is 0.493 e. The van der Waals surface area contributed by atoms with E-state index in [-0.39, 0.29) is 24.4 Å². The van der Waals surface area contributed by atoms with Crippen molar-refractivity contribution >= 4 is 18.3 Å². The second-order valence-corrected chi connectivity index (χ2v) is 6.56. The summed E-state index contributed by atoms with van der Waals surface area (Å²) in [5, 5.41) is 6.60. The van der Waals surface area contributed by atoms with Crippen LogP contribution in [0.15, 0.2) is 24.3 Å². The van der Waals surface area contributed by atoms with Crippen molar-refractivity contribution in [1.29, 1.82) is 0 Å². The van der Waals surface area contributed by atoms with Crippen LogP contribution in [0.1, 0.15) is 44.2 Å². The van der Waals surface area contributed by atoms with Crippen LogP contribution >= 0.6 is 12.4 Å². The molecule has 128 valence electrons. The minimum Gasteiger partial charge on any atom is -0.493 e. The van der Waals surface area contributed by atoms with Crippen LogP contribution in [0.25, 0.3) is 0 Å². The highest BCUT2D eigenvalue weighted by Gasteiger charge is 2.25. The van der Waals surface area contributed by atoms with Crippen molar-refractivity contribution in [2.45, 2.75) is 38.6 Å². The molecule has 0 saturated carbocycles. The molecule has 1 aromatic carbocycles. The average Bonchev–Trinajstić information content (AvgIpc) is 2.56. The number of para-hydroxylation sites is 1. The van der Waals surface area contributed by atoms with E-state index < -0.39 is 0 Å². The number of hydrogen-bond acceptors (Lipinski definition) is 3. The Morgan fingerprint density at radius 3 is 2.83 bits per heavy atom. The average molecular weight is 339 g/mol. The molecule has 23 heavy (non-hydrogen) atoms. The van der Waals surface area contributed by atoms with Gasteiger partial charge >= 0.3 is 0 Å². The van der Waals surface area contributed by atoms with Gasteiger partial charge < -0.3 is 15.4 Å². The topological polar surface area (TPSA) is 50.4 Å². The Labute approximate surface area is 144 Å². The number of carbonyl (C=O) groups excluding carboxylic acids is 1. The Morgan fingerprint density at radius 1 is 1.30 bits per heavy atom. The first-order chi connectivity index (χ1) is 10.7. The van der Waals surface area contributed by atoms with Crippen LogP contribution in [-0.2, 0) is 4.79 Å². The summed E-state index contributed by atoms with van der Waals surface area (Å²) in [6.07, 6.45) is 3.86. The molecule has 1 fully saturated rings. The fourth-order valence-electron chi connectivity index (χ4n) is 3.62. The molecular weight excluding hydrogens is 312 g/mol. The number of ether oxygens (including phenoxy) is 1. The highest BCUT2D eigenvalue weighted by Crippen LogP contribution is 2.32. The summed E-state index contributed by atoms with van der Waals surface area (Å²) in [6.45, 7) is 5.06. The van der Waals surface area contributed by atoms with Gasteiger partial charge in [0.05, 0.1) is 12.6 Å². The molecule has 0 spiro atoms. The molecule has 1 amide bonds. The highest BCUT2D eigenvalue weighted by atomic mass is 35.5. The lowest BCUT2D eigenvalue weighted by molar-refractivity contribution is -0.123. The number of halogens is 1. The summed E-state index contributed by atoms with van der Waals surface area (Å²) >= 11 is 0. The van der Waals surface area contributed by atoms with Gasteiger partial charge in [0, 0.05) is 18.4 Å². The van der Waals surface area contributed by atoms with Crippen LogP contribution in [0, 0.1) is 11.8 Å². The summed E-state index contributed by atoms with van der Waals surface area (Å²) in [4.78, 5) is 12.4. The van der Waals surface area contributed by atoms with Gasteiger partial charge in [-0.2, -0.15) is 0 Å². The maximum absolute atomic E-state index is 12.4. The molecule has 2 aliphatic heterocycles. The van der Waals surface area contributed by atoms with Crippen molar-refractivity contribution in [3.05, 3.63) is 29.8 Å². The molecule has 0 aliphatic carbocycles. The van der Waals surface area contributed by atoms with Crippen LogP contribution < -0.4 is 15.4 Å². The van der Waals surface area contributed by atoms with Crippen LogP contribution in [-0.4, -0.2) is 25.6 Å². The Morgan fingerprint density at radius 2 is 2.04 bits per heavy atom. The van der Waals surface area contributed by atoms with E-state index in [1.807, 2.05) is 18.2 Å². The number of rotatable bonds is 4. The lowest BCUT2D eigenvalue weighted by Crippen LogP contribution is -2.35. The normalized spacial score (nSPS) is 22.2. The lowest BCUT2D eigenvalue weighted by Gasteiger charge is -2.30. The van der Waals surface area contributed by atoms with E-state index >= 15 is 0 Å². The zero-order chi connectivity index (χ0) is 15.4. The van der Waals surface area contributed by atoms with Gasteiger partial charge in [-0.25, -0.2) is 0 Å². The third kappa shape index (κ3) is 4.61. The third-order valence-electron chi connectivity index (χ3n) is 4.99. The van der Waals surface area contributed by atoms with Gasteiger partial charge in [-0.05, 0) is 43.8 Å². The predicted molar refractivity (Wildman–Crippen MR) is 94.1 cm³/mol. The van der Waals surface area contributed by atoms with Gasteiger partial charge in [0.25, 0.3) is 0 Å². The monoisotopic (exact) mass is 338 g/mol. The molecule has 0 aromatic heterocycles. The third-order valence-corrected chi connectivity index (χ3v) is 4.99. The first-order valence-electron chi connectivity index (χ1n) is 8.46. The van der Waals surface area contributed by atoms with Crippen LogP contribution in [0.3, 0.4) is 0 Å². The molecule has 0 bridgehead atoms. The van der Waals surface area contributed by atoms with Gasteiger partial charge in [-0.3, -0.25) is 4.79 Å². The summed E-state index contributed by atoms with van der Waals surface area (Å²) in [6, 6.07) is 8.10. The molecule has 3 rings (SSSR count). The number of carbonyl (C=O) groups is 1. The van der Waals surface area contributed by atoms with Crippen molar-refractivity contribution in [1.82, 2.24) is 10.6 Å². The van der Waals surface area contributed by atoms with Crippen LogP contribution in [0.4, 0.5) is 0 Å². The molecule has 2 unspecified atom stereocenters. The van der Waals surface area contributed by atoms with E-state index in [9.17, 15) is 4.79 Å². The zero-order valence-corrected chi connectivity index (χ0v) is 14.5. The SMILES string of the molecule is CC(CC(=O)NC1CCOc2ccccc21)C1CCNCC1.Cl. The number of amides is 1. The van der Waals surface area contributed by atoms with Gasteiger partial charge in [-0.15, -0.1) is 12.4 Å². The van der Waals surface area contributed by atoms with Crippen molar-refractivity contribution in [2.24, 2.45) is 11.8 Å². The lowest BCUT2D eigenvalue weighted by atomic mass is 9.84. The Bertz CT molecular complexity index is 517. The number of hydrogen-bond donors (Lipinski definition) is 2. The molecule has 5 heteroatoms. The van der Waals surface area contributed by atoms with Gasteiger partial charge in [-0.1, -0.05) is 25.1 Å². The van der Waals surface area contributed by atoms with Crippen molar-refractivity contribution in [2.75, 3.05) is 19.7 Å². The van der Waals surface area contributed by atoms with Gasteiger partial charge in [0.1, 0.15) is 5.75 Å². The minimum atomic E-state index is 0. The first kappa shape index (κ1) is 18.1. The Hall–Kier alpha value is -1.26. The van der Waals surface area contributed by atoms with E-state index in [4.69, 9.17) is 4.74 Å². The number of nitrogens with one attached hydrogen (secondary N) is 2. The fraction of sp³-hybridized carbons (Fsp3) is 0.611. The quantitative estimate of drug-likeness (QED) is 0.887. The summed E-state index contributed by atoms with van der Waals surface area (Å²) < 4.78 is 5.65. The molecule has 2 N–H and O–H groups in total. The van der Waals surface area contributed by atoms with E-state index in [0.29, 0.717) is 24.9 Å². The second-order valence-electron chi connectivity index (χ2n) is 6.56. The molecule has 2 atom stereocenters. The zero-order valence-electron chi connectivity index (χ0n) is 13.7. The van der Waals surface area contributed by atoms with E-state index in [2.05, 4.69) is 23.6 Å². The maximum Gasteiger partial charge on any atom is 0.220 e. The molecule has 0 radical (unpaired) electrons. The molecule has 1 aromatic rings. The van der Waals surface area contributed by atoms with E-state index in [0.717, 1.165) is 30.8 Å². The molecule has 1 saturated heterocycles. The maximum atomic E-state index is 12.4. The van der Waals surface area contributed by atoms with Gasteiger partial charge in [0.2, 0.25) is 5.91 Å². The molecule has 4 nitrogen and oxygen atoms in total. The fourth-order valence-corrected chi connectivity index (χ4v) is 3.62. The van der Waals surface area contributed by atoms with E-state index in [1.54, 1.807) is 0 Å². The second kappa shape index (κ2) is 8.55. The van der Waals surface area contributed by atoms with E-state index in [1.165, 1.54) is 12.8 Å². The highest BCUT2D eigenvalue weighted by molar-refractivity contribution is 5.85. The summed E-state index contributed by atoms with van der Waals surface area (Å²) in [7, 11) is 0. The molecule has 2 heterocycles. The van der Waals surface area contributed by atoms with Crippen LogP contribution in [0.5, 0.6) is 5.75 Å². The minimum absolute atomic E-state index is 0. The Balaban J connectivity index is 0.00000192. The van der Waals surface area contributed by atoms with Gasteiger partial charge in [0.15, 0.2) is 0 Å². The first-order valence-corrected chi connectivity index (χ1v) is 8.46. The van der Waals surface area contributed by atoms with Crippen molar-refractivity contribution in [3.63, 3.8) is 0 Å². The van der Waals surface area contributed by atoms with Crippen molar-refractivity contribution in [3.8, 4) is 5.75 Å².